The predicted octanol–water partition coefficient (Wildman–Crippen LogP) is 3.91. The van der Waals surface area contributed by atoms with Gasteiger partial charge in [0.2, 0.25) is 0 Å². The van der Waals surface area contributed by atoms with Crippen LogP contribution in [0, 0.1) is 0 Å². The maximum atomic E-state index is 11.7. The Balaban J connectivity index is 0.00000450. The van der Waals surface area contributed by atoms with Gasteiger partial charge in [-0.25, -0.2) is 0 Å². The summed E-state index contributed by atoms with van der Waals surface area (Å²) in [5.74, 6) is 0.728. The Morgan fingerprint density at radius 1 is 0.933 bits per heavy atom. The maximum Gasteiger partial charge on any atom is 0.251 e. The molecule has 30 heavy (non-hydrogen) atoms. The summed E-state index contributed by atoms with van der Waals surface area (Å²) in [5, 5.41) is 9.35. The van der Waals surface area contributed by atoms with Gasteiger partial charge in [0, 0.05) is 32.7 Å². The van der Waals surface area contributed by atoms with Crippen LogP contribution in [0.1, 0.15) is 47.8 Å². The summed E-state index contributed by atoms with van der Waals surface area (Å²) in [6, 6.07) is 16.5. The van der Waals surface area contributed by atoms with Crippen LogP contribution >= 0.6 is 24.0 Å². The molecule has 1 amide bonds. The first-order valence-electron chi connectivity index (χ1n) is 10.2. The van der Waals surface area contributed by atoms with Crippen molar-refractivity contribution in [1.82, 2.24) is 16.0 Å². The Morgan fingerprint density at radius 3 is 2.07 bits per heavy atom. The Morgan fingerprint density at radius 2 is 1.53 bits per heavy atom. The van der Waals surface area contributed by atoms with Gasteiger partial charge in [0.1, 0.15) is 0 Å². The van der Waals surface area contributed by atoms with Crippen LogP contribution in [0.25, 0.3) is 0 Å². The van der Waals surface area contributed by atoms with Gasteiger partial charge in [0.05, 0.1) is 0 Å². The molecule has 164 valence electrons. The van der Waals surface area contributed by atoms with Crippen molar-refractivity contribution in [3.05, 3.63) is 70.8 Å². The van der Waals surface area contributed by atoms with Crippen LogP contribution in [0.5, 0.6) is 0 Å². The van der Waals surface area contributed by atoms with Crippen molar-refractivity contribution in [2.45, 2.75) is 39.0 Å². The molecule has 3 N–H and O–H groups in total. The SMILES string of the molecule is CN=C(NCCc1ccc(C(C)(C)C)cc1)NCCc1cccc(C(=O)NC)c1.I. The minimum atomic E-state index is -0.0622. The smallest absolute Gasteiger partial charge is 0.251 e. The van der Waals surface area contributed by atoms with E-state index in [-0.39, 0.29) is 35.3 Å². The van der Waals surface area contributed by atoms with Gasteiger partial charge in [0.15, 0.2) is 5.96 Å². The fourth-order valence-corrected chi connectivity index (χ4v) is 3.05. The lowest BCUT2D eigenvalue weighted by Crippen LogP contribution is -2.39. The lowest BCUT2D eigenvalue weighted by atomic mass is 9.86. The monoisotopic (exact) mass is 522 g/mol. The normalized spacial score (nSPS) is 11.4. The van der Waals surface area contributed by atoms with Gasteiger partial charge in [-0.15, -0.1) is 24.0 Å². The van der Waals surface area contributed by atoms with Crippen molar-refractivity contribution in [3.63, 3.8) is 0 Å². The van der Waals surface area contributed by atoms with Crippen LogP contribution in [0.2, 0.25) is 0 Å². The zero-order valence-corrected chi connectivity index (χ0v) is 21.0. The van der Waals surface area contributed by atoms with E-state index in [1.165, 1.54) is 11.1 Å². The van der Waals surface area contributed by atoms with E-state index in [1.54, 1.807) is 14.1 Å². The van der Waals surface area contributed by atoms with Crippen molar-refractivity contribution in [2.75, 3.05) is 27.2 Å². The molecule has 2 rings (SSSR count). The summed E-state index contributed by atoms with van der Waals surface area (Å²) in [6.45, 7) is 8.26. The van der Waals surface area contributed by atoms with Crippen molar-refractivity contribution >= 4 is 35.8 Å². The molecule has 6 heteroatoms. The van der Waals surface area contributed by atoms with E-state index in [0.29, 0.717) is 5.56 Å². The van der Waals surface area contributed by atoms with Crippen LogP contribution in [0.3, 0.4) is 0 Å². The van der Waals surface area contributed by atoms with Gasteiger partial charge in [-0.05, 0) is 47.1 Å². The van der Waals surface area contributed by atoms with Gasteiger partial charge in [-0.3, -0.25) is 9.79 Å². The lowest BCUT2D eigenvalue weighted by molar-refractivity contribution is 0.0963. The zero-order chi connectivity index (χ0) is 21.3. The molecular weight excluding hydrogens is 487 g/mol. The highest BCUT2D eigenvalue weighted by atomic mass is 127. The molecule has 0 atom stereocenters. The van der Waals surface area contributed by atoms with Crippen molar-refractivity contribution in [1.29, 1.82) is 0 Å². The molecule has 0 heterocycles. The van der Waals surface area contributed by atoms with Gasteiger partial charge in [-0.1, -0.05) is 57.2 Å². The second-order valence-electron chi connectivity index (χ2n) is 8.15. The Labute approximate surface area is 198 Å². The van der Waals surface area contributed by atoms with E-state index >= 15 is 0 Å². The number of rotatable bonds is 7. The number of aliphatic imine (C=N–C) groups is 1. The minimum absolute atomic E-state index is 0. The number of hydrogen-bond acceptors (Lipinski definition) is 2. The van der Waals surface area contributed by atoms with Crippen molar-refractivity contribution in [3.8, 4) is 0 Å². The molecular formula is C24H35IN4O. The van der Waals surface area contributed by atoms with E-state index in [0.717, 1.165) is 37.5 Å². The highest BCUT2D eigenvalue weighted by Crippen LogP contribution is 2.22. The minimum Gasteiger partial charge on any atom is -0.356 e. The van der Waals surface area contributed by atoms with Gasteiger partial charge in [0.25, 0.3) is 5.91 Å². The van der Waals surface area contributed by atoms with Crippen molar-refractivity contribution < 1.29 is 4.79 Å². The molecule has 0 aromatic heterocycles. The third kappa shape index (κ3) is 8.34. The van der Waals surface area contributed by atoms with E-state index in [2.05, 4.69) is 66.0 Å². The molecule has 0 saturated carbocycles. The quantitative estimate of drug-likeness (QED) is 0.294. The fourth-order valence-electron chi connectivity index (χ4n) is 3.05. The number of halogens is 1. The topological polar surface area (TPSA) is 65.5 Å². The molecule has 2 aromatic carbocycles. The second-order valence-corrected chi connectivity index (χ2v) is 8.15. The zero-order valence-electron chi connectivity index (χ0n) is 18.7. The molecule has 0 unspecified atom stereocenters. The molecule has 0 aliphatic carbocycles. The summed E-state index contributed by atoms with van der Waals surface area (Å²) < 4.78 is 0. The molecule has 0 saturated heterocycles. The van der Waals surface area contributed by atoms with Gasteiger partial charge in [-0.2, -0.15) is 0 Å². The van der Waals surface area contributed by atoms with Crippen LogP contribution < -0.4 is 16.0 Å². The largest absolute Gasteiger partial charge is 0.356 e. The van der Waals surface area contributed by atoms with E-state index < -0.39 is 0 Å². The predicted molar refractivity (Wildman–Crippen MR) is 137 cm³/mol. The summed E-state index contributed by atoms with van der Waals surface area (Å²) in [5.41, 5.74) is 4.65. The number of amides is 1. The van der Waals surface area contributed by atoms with Crippen molar-refractivity contribution in [2.24, 2.45) is 4.99 Å². The average molecular weight is 522 g/mol. The lowest BCUT2D eigenvalue weighted by Gasteiger charge is -2.19. The number of carbonyl (C=O) groups is 1. The standard InChI is InChI=1S/C24H34N4O.HI/c1-24(2,3)21-11-9-18(10-12-21)13-15-27-23(26-5)28-16-14-19-7-6-8-20(17-19)22(29)25-4;/h6-12,17H,13-16H2,1-5H3,(H,25,29)(H2,26,27,28);1H. The van der Waals surface area contributed by atoms with Crippen LogP contribution in [0.4, 0.5) is 0 Å². The maximum absolute atomic E-state index is 11.7. The average Bonchev–Trinajstić information content (AvgIpc) is 2.72. The molecule has 0 aliphatic heterocycles. The molecule has 0 aliphatic rings. The van der Waals surface area contributed by atoms with Crippen LogP contribution in [0.15, 0.2) is 53.5 Å². The Kier molecular flexibility index (Phi) is 10.9. The fraction of sp³-hybridized carbons (Fsp3) is 0.417. The third-order valence-corrected chi connectivity index (χ3v) is 4.87. The first kappa shape index (κ1) is 25.9. The van der Waals surface area contributed by atoms with Crippen LogP contribution in [-0.4, -0.2) is 39.1 Å². The summed E-state index contributed by atoms with van der Waals surface area (Å²) in [7, 11) is 3.42. The number of guanidine groups is 1. The summed E-state index contributed by atoms with van der Waals surface area (Å²) in [4.78, 5) is 16.0. The molecule has 0 spiro atoms. The first-order valence-corrected chi connectivity index (χ1v) is 10.2. The number of carbonyl (C=O) groups excluding carboxylic acids is 1. The molecule has 0 fully saturated rings. The molecule has 0 bridgehead atoms. The molecule has 2 aromatic rings. The second kappa shape index (κ2) is 12.6. The summed E-state index contributed by atoms with van der Waals surface area (Å²) in [6.07, 6.45) is 1.76. The molecule has 0 radical (unpaired) electrons. The third-order valence-electron chi connectivity index (χ3n) is 4.87. The Bertz CT molecular complexity index is 826. The molecule has 5 nitrogen and oxygen atoms in total. The number of hydrogen-bond donors (Lipinski definition) is 3. The van der Waals surface area contributed by atoms with Crippen LogP contribution in [-0.2, 0) is 18.3 Å². The van der Waals surface area contributed by atoms with Gasteiger partial charge >= 0.3 is 0 Å². The number of nitrogens with one attached hydrogen (secondary N) is 3. The summed E-state index contributed by atoms with van der Waals surface area (Å²) >= 11 is 0. The van der Waals surface area contributed by atoms with E-state index in [1.807, 2.05) is 24.3 Å². The van der Waals surface area contributed by atoms with E-state index in [4.69, 9.17) is 0 Å². The number of nitrogens with zero attached hydrogens (tertiary/aromatic N) is 1. The van der Waals surface area contributed by atoms with Gasteiger partial charge < -0.3 is 16.0 Å². The highest BCUT2D eigenvalue weighted by molar-refractivity contribution is 14.0. The Hall–Kier alpha value is -2.09. The first-order chi connectivity index (χ1) is 13.8. The number of benzene rings is 2. The van der Waals surface area contributed by atoms with E-state index in [9.17, 15) is 4.79 Å². The highest BCUT2D eigenvalue weighted by Gasteiger charge is 2.12.